The van der Waals surface area contributed by atoms with Crippen LogP contribution in [-0.2, 0) is 14.3 Å². The maximum Gasteiger partial charge on any atom is 0.379 e. The van der Waals surface area contributed by atoms with Gasteiger partial charge in [-0.15, -0.1) is 0 Å². The van der Waals surface area contributed by atoms with E-state index in [9.17, 15) is 14.7 Å². The summed E-state index contributed by atoms with van der Waals surface area (Å²) in [6.07, 6.45) is 0. The molecule has 0 atom stereocenters. The average Bonchev–Trinajstić information content (AvgIpc) is 2.37. The molecule has 5 heteroatoms. The van der Waals surface area contributed by atoms with Crippen LogP contribution in [0.4, 0.5) is 0 Å². The van der Waals surface area contributed by atoms with Gasteiger partial charge in [-0.25, -0.2) is 4.79 Å². The highest BCUT2D eigenvalue weighted by molar-refractivity contribution is 6.41. The van der Waals surface area contributed by atoms with Crippen molar-refractivity contribution < 1.29 is 19.4 Å². The van der Waals surface area contributed by atoms with Gasteiger partial charge in [0.2, 0.25) is 0 Å². The van der Waals surface area contributed by atoms with Gasteiger partial charge in [0.05, 0.1) is 6.61 Å². The Bertz CT molecular complexity index is 488. The monoisotopic (exact) mass is 268 g/mol. The molecule has 0 aliphatic rings. The van der Waals surface area contributed by atoms with Crippen LogP contribution in [-0.4, -0.2) is 23.5 Å². The van der Waals surface area contributed by atoms with E-state index in [0.717, 1.165) is 0 Å². The van der Waals surface area contributed by atoms with Crippen LogP contribution in [0.2, 0.25) is 5.02 Å². The smallest absolute Gasteiger partial charge is 0.379 e. The molecule has 96 valence electrons. The molecule has 0 aliphatic carbocycles. The second kappa shape index (κ2) is 6.21. The third-order valence-corrected chi connectivity index (χ3v) is 2.53. The number of ketones is 1. The van der Waals surface area contributed by atoms with Crippen molar-refractivity contribution in [3.05, 3.63) is 40.4 Å². The number of carbonyl (C=O) groups is 2. The topological polar surface area (TPSA) is 63.6 Å². The number of hydrogen-bond acceptors (Lipinski definition) is 4. The molecule has 0 spiro atoms. The molecule has 4 nitrogen and oxygen atoms in total. The number of hydrogen-bond donors (Lipinski definition) is 1. The van der Waals surface area contributed by atoms with Crippen LogP contribution < -0.4 is 0 Å². The number of esters is 1. The lowest BCUT2D eigenvalue weighted by Gasteiger charge is -2.05. The Morgan fingerprint density at radius 3 is 2.33 bits per heavy atom. The number of ether oxygens (including phenoxy) is 1. The first-order valence-electron chi connectivity index (χ1n) is 5.34. The summed E-state index contributed by atoms with van der Waals surface area (Å²) in [4.78, 5) is 22.8. The quantitative estimate of drug-likeness (QED) is 0.395. The van der Waals surface area contributed by atoms with Crippen molar-refractivity contribution in [3.8, 4) is 0 Å². The molecule has 0 aromatic heterocycles. The number of carbonyl (C=O) groups excluding carboxylic acids is 2. The van der Waals surface area contributed by atoms with Gasteiger partial charge in [-0.1, -0.05) is 11.6 Å². The number of aliphatic hydroxyl groups is 1. The molecule has 0 saturated carbocycles. The predicted octanol–water partition coefficient (Wildman–Crippen LogP) is 2.76. The lowest BCUT2D eigenvalue weighted by molar-refractivity contribution is -0.151. The van der Waals surface area contributed by atoms with Crippen molar-refractivity contribution in [1.29, 1.82) is 0 Å². The van der Waals surface area contributed by atoms with Crippen LogP contribution >= 0.6 is 11.6 Å². The van der Waals surface area contributed by atoms with Gasteiger partial charge in [-0.05, 0) is 38.1 Å². The van der Waals surface area contributed by atoms with Crippen LogP contribution in [0.15, 0.2) is 29.8 Å². The number of benzene rings is 1. The molecule has 18 heavy (non-hydrogen) atoms. The van der Waals surface area contributed by atoms with E-state index < -0.39 is 11.8 Å². The molecule has 0 bridgehead atoms. The largest absolute Gasteiger partial charge is 0.507 e. The van der Waals surface area contributed by atoms with E-state index >= 15 is 0 Å². The molecule has 0 aliphatic heterocycles. The second-order valence-corrected chi connectivity index (χ2v) is 3.97. The molecule has 0 amide bonds. The SMILES string of the molecule is CCOC(=O)C(=O)C(C)=C(O)c1ccc(Cl)cc1. The zero-order valence-corrected chi connectivity index (χ0v) is 10.8. The van der Waals surface area contributed by atoms with E-state index in [-0.39, 0.29) is 17.9 Å². The third-order valence-electron chi connectivity index (χ3n) is 2.27. The molecular formula is C13H13ClO4. The van der Waals surface area contributed by atoms with E-state index in [0.29, 0.717) is 10.6 Å². The van der Waals surface area contributed by atoms with Gasteiger partial charge in [0.25, 0.3) is 5.78 Å². The van der Waals surface area contributed by atoms with Gasteiger partial charge in [-0.3, -0.25) is 4.79 Å². The van der Waals surface area contributed by atoms with E-state index in [1.807, 2.05) is 0 Å². The Morgan fingerprint density at radius 2 is 1.83 bits per heavy atom. The van der Waals surface area contributed by atoms with Gasteiger partial charge < -0.3 is 9.84 Å². The Kier molecular flexibility index (Phi) is 4.92. The standard InChI is InChI=1S/C13H13ClO4/c1-3-18-13(17)12(16)8(2)11(15)9-4-6-10(14)7-5-9/h4-7,15H,3H2,1-2H3. The molecule has 0 saturated heterocycles. The Labute approximate surface area is 110 Å². The van der Waals surface area contributed by atoms with Crippen LogP contribution in [0, 0.1) is 0 Å². The number of halogens is 1. The van der Waals surface area contributed by atoms with E-state index in [1.165, 1.54) is 6.92 Å². The van der Waals surface area contributed by atoms with Gasteiger partial charge in [0.15, 0.2) is 0 Å². The Balaban J connectivity index is 3.01. The van der Waals surface area contributed by atoms with Crippen LogP contribution in [0.25, 0.3) is 5.76 Å². The predicted molar refractivity (Wildman–Crippen MR) is 68.3 cm³/mol. The number of rotatable bonds is 4. The summed E-state index contributed by atoms with van der Waals surface area (Å²) in [6, 6.07) is 6.27. The van der Waals surface area contributed by atoms with Crippen LogP contribution in [0.1, 0.15) is 19.4 Å². The molecule has 1 rings (SSSR count). The molecule has 1 N–H and O–H groups in total. The van der Waals surface area contributed by atoms with Crippen molar-refractivity contribution in [1.82, 2.24) is 0 Å². The number of Topliss-reactive ketones (excluding diaryl/α,β-unsaturated/α-hetero) is 1. The summed E-state index contributed by atoms with van der Waals surface area (Å²) in [5.74, 6) is -2.09. The Hall–Kier alpha value is -1.81. The van der Waals surface area contributed by atoms with E-state index in [2.05, 4.69) is 4.74 Å². The van der Waals surface area contributed by atoms with Gasteiger partial charge in [0.1, 0.15) is 5.76 Å². The normalized spacial score (nSPS) is 11.7. The van der Waals surface area contributed by atoms with E-state index in [4.69, 9.17) is 11.6 Å². The molecule has 0 fully saturated rings. The minimum atomic E-state index is -0.976. The summed E-state index contributed by atoms with van der Waals surface area (Å²) in [7, 11) is 0. The van der Waals surface area contributed by atoms with Crippen molar-refractivity contribution in [3.63, 3.8) is 0 Å². The summed E-state index contributed by atoms with van der Waals surface area (Å²) in [6.45, 7) is 3.08. The zero-order valence-electron chi connectivity index (χ0n) is 10.1. The molecule has 0 heterocycles. The Morgan fingerprint density at radius 1 is 1.28 bits per heavy atom. The zero-order chi connectivity index (χ0) is 13.7. The van der Waals surface area contributed by atoms with Gasteiger partial charge >= 0.3 is 5.97 Å². The van der Waals surface area contributed by atoms with Crippen LogP contribution in [0.3, 0.4) is 0 Å². The summed E-state index contributed by atoms with van der Waals surface area (Å²) >= 11 is 5.71. The lowest BCUT2D eigenvalue weighted by atomic mass is 10.1. The molecule has 0 unspecified atom stereocenters. The maximum atomic E-state index is 11.6. The minimum absolute atomic E-state index is 0.0595. The first-order valence-corrected chi connectivity index (χ1v) is 5.72. The maximum absolute atomic E-state index is 11.6. The number of aliphatic hydroxyl groups excluding tert-OH is 1. The van der Waals surface area contributed by atoms with Gasteiger partial charge in [0, 0.05) is 16.2 Å². The summed E-state index contributed by atoms with van der Waals surface area (Å²) < 4.78 is 4.58. The first-order chi connectivity index (χ1) is 8.47. The molecule has 1 aromatic carbocycles. The van der Waals surface area contributed by atoms with Crippen molar-refractivity contribution in [2.75, 3.05) is 6.61 Å². The van der Waals surface area contributed by atoms with Crippen molar-refractivity contribution in [2.45, 2.75) is 13.8 Å². The van der Waals surface area contributed by atoms with Crippen molar-refractivity contribution >= 4 is 29.1 Å². The minimum Gasteiger partial charge on any atom is -0.507 e. The fourth-order valence-electron chi connectivity index (χ4n) is 1.28. The highest BCUT2D eigenvalue weighted by Crippen LogP contribution is 2.19. The van der Waals surface area contributed by atoms with Gasteiger partial charge in [-0.2, -0.15) is 0 Å². The lowest BCUT2D eigenvalue weighted by Crippen LogP contribution is -2.19. The summed E-state index contributed by atoms with van der Waals surface area (Å²) in [5, 5.41) is 10.4. The molecule has 1 aromatic rings. The summed E-state index contributed by atoms with van der Waals surface area (Å²) in [5.41, 5.74) is 0.352. The fourth-order valence-corrected chi connectivity index (χ4v) is 1.41. The van der Waals surface area contributed by atoms with Crippen LogP contribution in [0.5, 0.6) is 0 Å². The third kappa shape index (κ3) is 3.34. The first kappa shape index (κ1) is 14.3. The highest BCUT2D eigenvalue weighted by atomic mass is 35.5. The second-order valence-electron chi connectivity index (χ2n) is 3.53. The molecule has 0 radical (unpaired) electrons. The average molecular weight is 269 g/mol. The highest BCUT2D eigenvalue weighted by Gasteiger charge is 2.20. The van der Waals surface area contributed by atoms with E-state index in [1.54, 1.807) is 31.2 Å². The molecular weight excluding hydrogens is 256 g/mol. The van der Waals surface area contributed by atoms with Crippen molar-refractivity contribution in [2.24, 2.45) is 0 Å². The fraction of sp³-hybridized carbons (Fsp3) is 0.231.